The first-order valence-electron chi connectivity index (χ1n) is 8.45. The Morgan fingerprint density at radius 1 is 1.35 bits per heavy atom. The molecule has 26 heavy (non-hydrogen) atoms. The minimum Gasteiger partial charge on any atom is -0.497 e. The Labute approximate surface area is 156 Å². The van der Waals surface area contributed by atoms with Gasteiger partial charge in [0.1, 0.15) is 5.75 Å². The molecule has 2 aromatic heterocycles. The summed E-state index contributed by atoms with van der Waals surface area (Å²) in [4.78, 5) is 16.7. The van der Waals surface area contributed by atoms with Crippen molar-refractivity contribution in [1.82, 2.24) is 20.1 Å². The first kappa shape index (κ1) is 18.2. The van der Waals surface area contributed by atoms with E-state index in [0.717, 1.165) is 21.7 Å². The van der Waals surface area contributed by atoms with E-state index in [1.807, 2.05) is 36.0 Å². The molecule has 8 heteroatoms. The third kappa shape index (κ3) is 3.96. The summed E-state index contributed by atoms with van der Waals surface area (Å²) in [5.74, 6) is 1.33. The van der Waals surface area contributed by atoms with Crippen LogP contribution in [0, 0.1) is 5.92 Å². The quantitative estimate of drug-likeness (QED) is 0.692. The number of aromatic nitrogens is 3. The fourth-order valence-corrected chi connectivity index (χ4v) is 3.75. The van der Waals surface area contributed by atoms with Crippen molar-refractivity contribution in [2.24, 2.45) is 13.0 Å². The molecule has 0 saturated carbocycles. The second kappa shape index (κ2) is 7.74. The van der Waals surface area contributed by atoms with E-state index in [2.05, 4.69) is 34.6 Å². The minimum atomic E-state index is -0.260. The van der Waals surface area contributed by atoms with Crippen LogP contribution in [0.3, 0.4) is 0 Å². The van der Waals surface area contributed by atoms with Crippen molar-refractivity contribution < 1.29 is 9.53 Å². The predicted octanol–water partition coefficient (Wildman–Crippen LogP) is 3.60. The van der Waals surface area contributed by atoms with Crippen LogP contribution in [0.1, 0.15) is 25.5 Å². The van der Waals surface area contributed by atoms with E-state index in [4.69, 9.17) is 4.74 Å². The van der Waals surface area contributed by atoms with Gasteiger partial charge in [-0.2, -0.15) is 5.10 Å². The number of nitrogens with zero attached hydrogens (tertiary/aromatic N) is 3. The van der Waals surface area contributed by atoms with Crippen LogP contribution in [0.25, 0.3) is 10.2 Å². The van der Waals surface area contributed by atoms with Crippen molar-refractivity contribution in [1.29, 1.82) is 0 Å². The molecule has 2 heterocycles. The van der Waals surface area contributed by atoms with E-state index in [0.29, 0.717) is 17.6 Å². The summed E-state index contributed by atoms with van der Waals surface area (Å²) in [5, 5.41) is 10.5. The highest BCUT2D eigenvalue weighted by atomic mass is 32.1. The van der Waals surface area contributed by atoms with Crippen molar-refractivity contribution in [3.63, 3.8) is 0 Å². The highest BCUT2D eigenvalue weighted by Gasteiger charge is 2.20. The smallest absolute Gasteiger partial charge is 0.321 e. The second-order valence-corrected chi connectivity index (χ2v) is 7.45. The second-order valence-electron chi connectivity index (χ2n) is 6.42. The standard InChI is InChI=1S/C18H23N5O2S/c1-11(2)13(15-7-8-20-23(15)3)10-19-17(24)22-18-21-14-6-5-12(25-4)9-16(14)26-18/h5-9,11,13H,10H2,1-4H3,(H2,19,21,22,24). The average molecular weight is 373 g/mol. The van der Waals surface area contributed by atoms with E-state index >= 15 is 0 Å². The highest BCUT2D eigenvalue weighted by molar-refractivity contribution is 7.22. The topological polar surface area (TPSA) is 81.1 Å². The molecule has 3 rings (SSSR count). The fourth-order valence-electron chi connectivity index (χ4n) is 2.86. The average Bonchev–Trinajstić information content (AvgIpc) is 3.19. The summed E-state index contributed by atoms with van der Waals surface area (Å²) < 4.78 is 8.04. The first-order valence-corrected chi connectivity index (χ1v) is 9.27. The van der Waals surface area contributed by atoms with E-state index in [1.54, 1.807) is 13.3 Å². The molecule has 7 nitrogen and oxygen atoms in total. The summed E-state index contributed by atoms with van der Waals surface area (Å²) in [6.45, 7) is 4.80. The van der Waals surface area contributed by atoms with Gasteiger partial charge < -0.3 is 10.1 Å². The Kier molecular flexibility index (Phi) is 5.41. The van der Waals surface area contributed by atoms with Crippen molar-refractivity contribution in [2.45, 2.75) is 19.8 Å². The third-order valence-electron chi connectivity index (χ3n) is 4.34. The number of amides is 2. The number of rotatable bonds is 6. The minimum absolute atomic E-state index is 0.188. The summed E-state index contributed by atoms with van der Waals surface area (Å²) in [5.41, 5.74) is 1.94. The lowest BCUT2D eigenvalue weighted by Crippen LogP contribution is -2.34. The monoisotopic (exact) mass is 373 g/mol. The van der Waals surface area contributed by atoms with Gasteiger partial charge in [0, 0.05) is 31.4 Å². The van der Waals surface area contributed by atoms with Crippen LogP contribution in [0.5, 0.6) is 5.75 Å². The Bertz CT molecular complexity index is 902. The Morgan fingerprint density at radius 3 is 2.81 bits per heavy atom. The number of aryl methyl sites for hydroxylation is 1. The lowest BCUT2D eigenvalue weighted by atomic mass is 9.92. The van der Waals surface area contributed by atoms with Gasteiger partial charge in [0.05, 0.1) is 17.3 Å². The molecule has 0 spiro atoms. The summed E-state index contributed by atoms with van der Waals surface area (Å²) in [7, 11) is 3.54. The van der Waals surface area contributed by atoms with Gasteiger partial charge in [0.15, 0.2) is 5.13 Å². The Morgan fingerprint density at radius 2 is 2.15 bits per heavy atom. The van der Waals surface area contributed by atoms with Crippen molar-refractivity contribution >= 4 is 32.7 Å². The molecule has 0 radical (unpaired) electrons. The summed E-state index contributed by atoms with van der Waals surface area (Å²) in [6.07, 6.45) is 1.78. The summed E-state index contributed by atoms with van der Waals surface area (Å²) in [6, 6.07) is 7.38. The largest absolute Gasteiger partial charge is 0.497 e. The maximum absolute atomic E-state index is 12.3. The van der Waals surface area contributed by atoms with Crippen LogP contribution < -0.4 is 15.4 Å². The van der Waals surface area contributed by atoms with Crippen LogP contribution in [0.4, 0.5) is 9.93 Å². The molecule has 0 aliphatic rings. The van der Waals surface area contributed by atoms with Gasteiger partial charge in [0.2, 0.25) is 0 Å². The molecule has 3 aromatic rings. The normalized spacial score (nSPS) is 12.3. The maximum Gasteiger partial charge on any atom is 0.321 e. The number of carbonyl (C=O) groups excluding carboxylic acids is 1. The molecular weight excluding hydrogens is 350 g/mol. The SMILES string of the molecule is COc1ccc2nc(NC(=O)NCC(c3ccnn3C)C(C)C)sc2c1. The molecule has 1 unspecified atom stereocenters. The maximum atomic E-state index is 12.3. The number of anilines is 1. The number of nitrogens with one attached hydrogen (secondary N) is 2. The fraction of sp³-hybridized carbons (Fsp3) is 0.389. The molecule has 2 N–H and O–H groups in total. The molecule has 0 saturated heterocycles. The Hall–Kier alpha value is -2.61. The van der Waals surface area contributed by atoms with Gasteiger partial charge in [-0.1, -0.05) is 25.2 Å². The summed E-state index contributed by atoms with van der Waals surface area (Å²) >= 11 is 1.42. The lowest BCUT2D eigenvalue weighted by molar-refractivity contribution is 0.250. The third-order valence-corrected chi connectivity index (χ3v) is 5.28. The highest BCUT2D eigenvalue weighted by Crippen LogP contribution is 2.29. The van der Waals surface area contributed by atoms with Crippen LogP contribution in [0.15, 0.2) is 30.5 Å². The van der Waals surface area contributed by atoms with E-state index in [1.165, 1.54) is 11.3 Å². The van der Waals surface area contributed by atoms with E-state index < -0.39 is 0 Å². The molecule has 138 valence electrons. The number of fused-ring (bicyclic) bond motifs is 1. The molecule has 0 aliphatic carbocycles. The first-order chi connectivity index (χ1) is 12.5. The zero-order chi connectivity index (χ0) is 18.7. The number of hydrogen-bond acceptors (Lipinski definition) is 5. The molecule has 0 fully saturated rings. The number of carbonyl (C=O) groups is 1. The molecule has 0 bridgehead atoms. The molecule has 0 aliphatic heterocycles. The van der Waals surface area contributed by atoms with Crippen LogP contribution in [-0.2, 0) is 7.05 Å². The number of thiazole rings is 1. The zero-order valence-electron chi connectivity index (χ0n) is 15.3. The number of urea groups is 1. The van der Waals surface area contributed by atoms with E-state index in [9.17, 15) is 4.79 Å². The van der Waals surface area contributed by atoms with Crippen LogP contribution >= 0.6 is 11.3 Å². The molecular formula is C18H23N5O2S. The zero-order valence-corrected chi connectivity index (χ0v) is 16.1. The van der Waals surface area contributed by atoms with Gasteiger partial charge in [-0.15, -0.1) is 0 Å². The lowest BCUT2D eigenvalue weighted by Gasteiger charge is -2.21. The Balaban J connectivity index is 1.64. The van der Waals surface area contributed by atoms with Crippen molar-refractivity contribution in [3.05, 3.63) is 36.2 Å². The van der Waals surface area contributed by atoms with Gasteiger partial charge in [0.25, 0.3) is 0 Å². The molecule has 1 aromatic carbocycles. The van der Waals surface area contributed by atoms with Gasteiger partial charge in [-0.05, 0) is 30.2 Å². The number of methoxy groups -OCH3 is 1. The van der Waals surface area contributed by atoms with Gasteiger partial charge in [-0.25, -0.2) is 9.78 Å². The van der Waals surface area contributed by atoms with E-state index in [-0.39, 0.29) is 11.9 Å². The number of hydrogen-bond donors (Lipinski definition) is 2. The van der Waals surface area contributed by atoms with Crippen molar-refractivity contribution in [2.75, 3.05) is 19.0 Å². The molecule has 2 amide bonds. The number of benzene rings is 1. The van der Waals surface area contributed by atoms with Crippen molar-refractivity contribution in [3.8, 4) is 5.75 Å². The molecule has 1 atom stereocenters. The van der Waals surface area contributed by atoms with Crippen LogP contribution in [-0.4, -0.2) is 34.5 Å². The van der Waals surface area contributed by atoms with Gasteiger partial charge in [-0.3, -0.25) is 10.00 Å². The number of ether oxygens (including phenoxy) is 1. The van der Waals surface area contributed by atoms with Gasteiger partial charge >= 0.3 is 6.03 Å². The predicted molar refractivity (Wildman–Crippen MR) is 104 cm³/mol. The van der Waals surface area contributed by atoms with Crippen LogP contribution in [0.2, 0.25) is 0 Å².